The molecule has 2 aromatic rings. The van der Waals surface area contributed by atoms with Gasteiger partial charge in [-0.15, -0.1) is 0 Å². The lowest BCUT2D eigenvalue weighted by Crippen LogP contribution is -2.15. The van der Waals surface area contributed by atoms with Crippen LogP contribution in [-0.2, 0) is 0 Å². The number of rotatable bonds is 7. The number of halogens is 1. The van der Waals surface area contributed by atoms with Crippen LogP contribution in [0.4, 0.5) is 5.69 Å². The molecule has 0 heterocycles. The van der Waals surface area contributed by atoms with Gasteiger partial charge in [-0.05, 0) is 55.3 Å². The third-order valence-corrected chi connectivity index (χ3v) is 3.67. The molecule has 24 heavy (non-hydrogen) atoms. The van der Waals surface area contributed by atoms with Crippen LogP contribution in [0.15, 0.2) is 46.9 Å². The van der Waals surface area contributed by atoms with E-state index in [0.29, 0.717) is 36.1 Å². The van der Waals surface area contributed by atoms with Crippen molar-refractivity contribution in [2.24, 2.45) is 5.92 Å². The van der Waals surface area contributed by atoms with Crippen molar-refractivity contribution in [3.8, 4) is 11.5 Å². The zero-order chi connectivity index (χ0) is 17.5. The second kappa shape index (κ2) is 8.73. The molecule has 1 N–H and O–H groups in total. The third kappa shape index (κ3) is 5.27. The number of carbonyl (C=O) groups is 1. The minimum absolute atomic E-state index is 0.209. The van der Waals surface area contributed by atoms with Crippen LogP contribution in [0, 0.1) is 5.92 Å². The highest BCUT2D eigenvalue weighted by Crippen LogP contribution is 2.25. The maximum atomic E-state index is 12.6. The van der Waals surface area contributed by atoms with Crippen molar-refractivity contribution in [3.63, 3.8) is 0 Å². The monoisotopic (exact) mass is 391 g/mol. The van der Waals surface area contributed by atoms with E-state index in [9.17, 15) is 4.79 Å². The van der Waals surface area contributed by atoms with E-state index in [1.165, 1.54) is 0 Å². The lowest BCUT2D eigenvalue weighted by atomic mass is 10.1. The Bertz CT molecular complexity index is 684. The lowest BCUT2D eigenvalue weighted by Gasteiger charge is -2.14. The summed E-state index contributed by atoms with van der Waals surface area (Å²) in [5.41, 5.74) is 1.21. The van der Waals surface area contributed by atoms with Crippen molar-refractivity contribution < 1.29 is 14.3 Å². The molecule has 0 spiro atoms. The van der Waals surface area contributed by atoms with Gasteiger partial charge in [-0.1, -0.05) is 29.8 Å². The van der Waals surface area contributed by atoms with Gasteiger partial charge in [0, 0.05) is 10.2 Å². The predicted molar refractivity (Wildman–Crippen MR) is 100 cm³/mol. The van der Waals surface area contributed by atoms with Gasteiger partial charge in [-0.25, -0.2) is 0 Å². The molecular formula is C19H22BrNO3. The Morgan fingerprint density at radius 3 is 2.46 bits per heavy atom. The number of benzene rings is 2. The molecule has 0 aromatic heterocycles. The van der Waals surface area contributed by atoms with E-state index < -0.39 is 0 Å². The van der Waals surface area contributed by atoms with Gasteiger partial charge in [0.2, 0.25) is 0 Å². The van der Waals surface area contributed by atoms with Crippen LogP contribution in [0.25, 0.3) is 0 Å². The first-order valence-electron chi connectivity index (χ1n) is 7.96. The number of carbonyl (C=O) groups excluding carboxylic acids is 1. The Morgan fingerprint density at radius 1 is 1.12 bits per heavy atom. The Labute approximate surface area is 151 Å². The largest absolute Gasteiger partial charge is 0.494 e. The highest BCUT2D eigenvalue weighted by atomic mass is 79.9. The van der Waals surface area contributed by atoms with Gasteiger partial charge in [0.1, 0.15) is 11.5 Å². The average molecular weight is 392 g/mol. The first kappa shape index (κ1) is 18.3. The molecule has 0 radical (unpaired) electrons. The van der Waals surface area contributed by atoms with E-state index in [-0.39, 0.29) is 5.91 Å². The van der Waals surface area contributed by atoms with Crippen molar-refractivity contribution in [2.75, 3.05) is 18.5 Å². The molecule has 2 rings (SSSR count). The number of amides is 1. The maximum absolute atomic E-state index is 12.6. The van der Waals surface area contributed by atoms with E-state index in [1.807, 2.05) is 37.3 Å². The number of hydrogen-bond donors (Lipinski definition) is 1. The van der Waals surface area contributed by atoms with Crippen LogP contribution in [0.1, 0.15) is 31.1 Å². The van der Waals surface area contributed by atoms with E-state index >= 15 is 0 Å². The zero-order valence-electron chi connectivity index (χ0n) is 14.1. The van der Waals surface area contributed by atoms with Crippen molar-refractivity contribution in [1.82, 2.24) is 0 Å². The lowest BCUT2D eigenvalue weighted by molar-refractivity contribution is 0.102. The van der Waals surface area contributed by atoms with Gasteiger partial charge in [-0.3, -0.25) is 4.79 Å². The van der Waals surface area contributed by atoms with Gasteiger partial charge in [-0.2, -0.15) is 0 Å². The van der Waals surface area contributed by atoms with Crippen LogP contribution >= 0.6 is 15.9 Å². The summed E-state index contributed by atoms with van der Waals surface area (Å²) in [6, 6.07) is 12.7. The normalized spacial score (nSPS) is 10.5. The molecule has 0 saturated heterocycles. The average Bonchev–Trinajstić information content (AvgIpc) is 2.55. The third-order valence-electron chi connectivity index (χ3n) is 3.18. The summed E-state index contributed by atoms with van der Waals surface area (Å²) in [7, 11) is 0. The topological polar surface area (TPSA) is 47.6 Å². The number of hydrogen-bond acceptors (Lipinski definition) is 3. The van der Waals surface area contributed by atoms with Crippen LogP contribution in [0.3, 0.4) is 0 Å². The van der Waals surface area contributed by atoms with E-state index in [0.717, 1.165) is 10.2 Å². The highest BCUT2D eigenvalue weighted by Gasteiger charge is 2.14. The molecule has 0 fully saturated rings. The zero-order valence-corrected chi connectivity index (χ0v) is 15.7. The second-order valence-corrected chi connectivity index (χ2v) is 6.67. The quantitative estimate of drug-likeness (QED) is 0.710. The molecule has 128 valence electrons. The SMILES string of the molecule is CCOc1ccc(NC(=O)c2cc(Br)ccc2OCC(C)C)cc1. The molecule has 0 bridgehead atoms. The van der Waals surface area contributed by atoms with Gasteiger partial charge < -0.3 is 14.8 Å². The Hall–Kier alpha value is -2.01. The van der Waals surface area contributed by atoms with Crippen molar-refractivity contribution in [3.05, 3.63) is 52.5 Å². The smallest absolute Gasteiger partial charge is 0.259 e. The maximum Gasteiger partial charge on any atom is 0.259 e. The molecular weight excluding hydrogens is 370 g/mol. The van der Waals surface area contributed by atoms with Crippen LogP contribution < -0.4 is 14.8 Å². The van der Waals surface area contributed by atoms with Gasteiger partial charge in [0.15, 0.2) is 0 Å². The van der Waals surface area contributed by atoms with Crippen molar-refractivity contribution >= 4 is 27.5 Å². The molecule has 0 atom stereocenters. The van der Waals surface area contributed by atoms with E-state index in [4.69, 9.17) is 9.47 Å². The molecule has 5 heteroatoms. The molecule has 0 aliphatic rings. The molecule has 4 nitrogen and oxygen atoms in total. The van der Waals surface area contributed by atoms with Crippen LogP contribution in [0.5, 0.6) is 11.5 Å². The van der Waals surface area contributed by atoms with Crippen molar-refractivity contribution in [1.29, 1.82) is 0 Å². The fourth-order valence-corrected chi connectivity index (χ4v) is 2.42. The van der Waals surface area contributed by atoms with Gasteiger partial charge >= 0.3 is 0 Å². The van der Waals surface area contributed by atoms with E-state index in [2.05, 4.69) is 35.1 Å². The summed E-state index contributed by atoms with van der Waals surface area (Å²) in [4.78, 5) is 12.6. The fraction of sp³-hybridized carbons (Fsp3) is 0.316. The standard InChI is InChI=1S/C19H22BrNO3/c1-4-23-16-8-6-15(7-9-16)21-19(22)17-11-14(20)5-10-18(17)24-12-13(2)3/h5-11,13H,4,12H2,1-3H3,(H,21,22). The Kier molecular flexibility index (Phi) is 6.67. The summed E-state index contributed by atoms with van der Waals surface area (Å²) < 4.78 is 12.0. The van der Waals surface area contributed by atoms with Gasteiger partial charge in [0.05, 0.1) is 18.8 Å². The molecule has 0 unspecified atom stereocenters. The summed E-state index contributed by atoms with van der Waals surface area (Å²) >= 11 is 3.40. The molecule has 2 aromatic carbocycles. The Morgan fingerprint density at radius 2 is 1.83 bits per heavy atom. The van der Waals surface area contributed by atoms with E-state index in [1.54, 1.807) is 12.1 Å². The highest BCUT2D eigenvalue weighted by molar-refractivity contribution is 9.10. The minimum Gasteiger partial charge on any atom is -0.494 e. The first-order valence-corrected chi connectivity index (χ1v) is 8.75. The summed E-state index contributed by atoms with van der Waals surface area (Å²) in [5.74, 6) is 1.53. The van der Waals surface area contributed by atoms with Crippen LogP contribution in [-0.4, -0.2) is 19.1 Å². The Balaban J connectivity index is 2.14. The number of nitrogens with one attached hydrogen (secondary N) is 1. The molecule has 0 saturated carbocycles. The number of anilines is 1. The fourth-order valence-electron chi connectivity index (χ4n) is 2.06. The number of ether oxygens (including phenoxy) is 2. The summed E-state index contributed by atoms with van der Waals surface area (Å²) in [5, 5.41) is 2.89. The second-order valence-electron chi connectivity index (χ2n) is 5.76. The summed E-state index contributed by atoms with van der Waals surface area (Å²) in [6.45, 7) is 7.24. The first-order chi connectivity index (χ1) is 11.5. The molecule has 1 amide bonds. The molecule has 0 aliphatic carbocycles. The van der Waals surface area contributed by atoms with Crippen molar-refractivity contribution in [2.45, 2.75) is 20.8 Å². The molecule has 0 aliphatic heterocycles. The minimum atomic E-state index is -0.209. The predicted octanol–water partition coefficient (Wildman–Crippen LogP) is 5.13. The van der Waals surface area contributed by atoms with Gasteiger partial charge in [0.25, 0.3) is 5.91 Å². The summed E-state index contributed by atoms with van der Waals surface area (Å²) in [6.07, 6.45) is 0. The van der Waals surface area contributed by atoms with Crippen LogP contribution in [0.2, 0.25) is 0 Å².